The van der Waals surface area contributed by atoms with Crippen LogP contribution < -0.4 is 84.5 Å². The summed E-state index contributed by atoms with van der Waals surface area (Å²) < 4.78 is 96.2. The van der Waals surface area contributed by atoms with Crippen molar-refractivity contribution in [3.05, 3.63) is 215 Å². The molecule has 756 valence electrons. The Morgan fingerprint density at radius 3 is 0.914 bits per heavy atom. The van der Waals surface area contributed by atoms with Crippen LogP contribution in [0.1, 0.15) is 54.6 Å². The molecule has 5 aliphatic heterocycles. The number of hydrogen-bond acceptors (Lipinski definition) is 52. The first kappa shape index (κ1) is 101. The minimum absolute atomic E-state index is 0.0459. The molecule has 0 amide bonds. The van der Waals surface area contributed by atoms with E-state index in [1.807, 2.05) is 54.6 Å². The Hall–Kier alpha value is -12.4. The number of hydrogen-bond donors (Lipinski definition) is 28. The largest absolute Gasteiger partial charge is 0.508 e. The van der Waals surface area contributed by atoms with Crippen LogP contribution in [0, 0.1) is 0 Å². The number of phenols is 1. The van der Waals surface area contributed by atoms with Gasteiger partial charge in [-0.3, -0.25) is 90.9 Å². The fourth-order valence-corrected chi connectivity index (χ4v) is 13.6. The number of carbonyl (C=O) groups excluding carboxylic acids is 5. The Balaban J connectivity index is 0.000000186. The normalized spacial score (nSPS) is 28.7. The first-order chi connectivity index (χ1) is 68.1. The predicted molar refractivity (Wildman–Crippen MR) is 474 cm³/mol. The number of nitrogens with zero attached hydrogens (tertiary/aromatic N) is 10. The summed E-state index contributed by atoms with van der Waals surface area (Å²) in [6.07, 6.45) is -28.3. The van der Waals surface area contributed by atoms with Gasteiger partial charge in [-0.05, 0) is 72.0 Å². The molecule has 11 heterocycles. The number of nitrogens with one attached hydrogen (secondary N) is 6. The van der Waals surface area contributed by atoms with Crippen LogP contribution in [0.5, 0.6) is 5.75 Å². The maximum Gasteiger partial charge on any atom is 0.351 e. The van der Waals surface area contributed by atoms with Gasteiger partial charge in [0.25, 0.3) is 0 Å². The SMILES string of the molecule is [2H][C@@]1(n2ccc(NO)nc2=O)O[C@H](COC(=O)[C@H](N)CS)[C@@H](O)[C@H]1O.[2H][C@@]1(n2ccc(NO)nc2=O)O[C@H](COC(=O)[C@H](N)C[SeH])[C@@H](O)[C@H]1O.[2H][C@@]1(n2ccc(NO)nc2=O)O[C@H](COC(=O)[C@H](N)Cc2c[nH]c3ccccc23)[C@@H](O)[C@H]1O.[2H][C@@]1(n2ccc(NO)nc2=O)O[C@H](COC(=O)[C@H](N)Cc2ccc(O)cc2)[C@@H](O)[C@H]1O.[2H][C@@]1(n2ccc(NO)nc2=O)O[C@H](COC(=O)[C@H](N)Cc2ccccc2)[C@@H](O)[C@H]1O. The maximum absolute atomic E-state index is 12.4. The molecule has 0 aliphatic carbocycles. The van der Waals surface area contributed by atoms with Gasteiger partial charge in [0.15, 0.2) is 48.1 Å². The number of para-hydroxylation sites is 1. The standard InChI is InChI=1S/C20H23N5O7.C18H22N4O8.C18H22N4O7.C12H18N4O7S.C12H18N4O7Se/c21-12(7-10-8-22-13-4-2-1-3-11(10)13)19(28)31-9-14-16(26)17(27)18(32-14)25-6-5-15(24-30)23-20(25)29;19-11(7-9-1-3-10(23)4-2-9)17(26)29-8-12-14(24)15(25)16(30-12)22-6-5-13(21-28)20-18(22)27;19-11(8-10-4-2-1-3-5-10)17(25)28-9-12-14(23)15(24)16(29-12)22-7-6-13(21-27)20-18(22)26;2*13-5(4-24)11(19)22-3-6-8(17)9(18)10(23-6)16-2-1-7(15-21)14-12(16)20/h1-6,8,12,14,16-18,22,26-27,30H,7,9,21H2,(H,23,24,29);1-6,11-12,14-16,23-25,28H,7-8,19H2,(H,20,21,27);1-7,11-12,14-16,23-24,27H,8-9,19H2,(H,20,21,26);2*1-2,5-6,8-10,17-18,21,24H,3-4,13H2,(H,14,15,20)/t12-,14-,16-,17-,18-;2*11-,12-,14-,15-,16-;2*5-,6-,8-,9-,10-/m11111/s1/i18D;2*16D;2*10D. The molecule has 0 bridgehead atoms. The summed E-state index contributed by atoms with van der Waals surface area (Å²) in [6.45, 7) is -2.47. The fraction of sp³-hybridized carbons (Fsp3) is 0.438. The number of H-pyrrole nitrogens is 1. The van der Waals surface area contributed by atoms with Crippen LogP contribution in [0.15, 0.2) is 170 Å². The number of carbonyl (C=O) groups is 5. The van der Waals surface area contributed by atoms with Crippen molar-refractivity contribution in [3.8, 4) is 5.75 Å². The number of ether oxygens (including phenoxy) is 10. The summed E-state index contributed by atoms with van der Waals surface area (Å²) in [5.41, 5.74) is 35.1. The van der Waals surface area contributed by atoms with E-state index in [9.17, 15) is 104 Å². The number of benzene rings is 3. The second-order valence-corrected chi connectivity index (χ2v) is 31.3. The maximum atomic E-state index is 12.4. The molecule has 0 unspecified atom stereocenters. The van der Waals surface area contributed by atoms with Crippen LogP contribution in [0.4, 0.5) is 29.1 Å². The minimum Gasteiger partial charge on any atom is -0.508 e. The smallest absolute Gasteiger partial charge is 0.351 e. The van der Waals surface area contributed by atoms with E-state index >= 15 is 0 Å². The number of anilines is 5. The van der Waals surface area contributed by atoms with E-state index in [0.29, 0.717) is 28.4 Å². The van der Waals surface area contributed by atoms with Crippen molar-refractivity contribution >= 4 is 98.5 Å². The third kappa shape index (κ3) is 28.0. The van der Waals surface area contributed by atoms with Crippen LogP contribution in [0.25, 0.3) is 10.9 Å². The number of aromatic amines is 1. The third-order valence-corrected chi connectivity index (χ3v) is 21.8. The summed E-state index contributed by atoms with van der Waals surface area (Å²) in [4.78, 5) is 140. The molecule has 139 heavy (non-hydrogen) atoms. The van der Waals surface area contributed by atoms with Gasteiger partial charge < -0.3 is 112 Å². The number of thiol groups is 1. The van der Waals surface area contributed by atoms with Crippen molar-refractivity contribution in [2.24, 2.45) is 28.7 Å². The zero-order valence-corrected chi connectivity index (χ0v) is 74.8. The van der Waals surface area contributed by atoms with Gasteiger partial charge in [0.1, 0.15) is 130 Å². The van der Waals surface area contributed by atoms with Crippen LogP contribution in [-0.2, 0) is 90.6 Å². The molecule has 0 saturated carbocycles. The number of esters is 5. The molecule has 3 aromatic carbocycles. The molecule has 25 atom stereocenters. The van der Waals surface area contributed by atoms with Crippen molar-refractivity contribution < 1.29 is 160 Å². The second-order valence-electron chi connectivity index (χ2n) is 30.2. The number of rotatable bonds is 33. The van der Waals surface area contributed by atoms with E-state index in [2.05, 4.69) is 58.5 Å². The molecule has 5 saturated heterocycles. The zero-order valence-electron chi connectivity index (χ0n) is 77.0. The van der Waals surface area contributed by atoms with Crippen LogP contribution >= 0.6 is 12.6 Å². The van der Waals surface area contributed by atoms with Gasteiger partial charge in [-0.2, -0.15) is 32.6 Å². The molecule has 5 aliphatic rings. The monoisotopic (exact) mass is 2050 g/mol. The van der Waals surface area contributed by atoms with Crippen LogP contribution in [0.3, 0.4) is 0 Å². The first-order valence-corrected chi connectivity index (χ1v) is 43.0. The van der Waals surface area contributed by atoms with E-state index in [0.717, 1.165) is 83.3 Å². The quantitative estimate of drug-likeness (QED) is 0.00597. The number of nitrogens with two attached hydrogens (primary N) is 5. The number of aliphatic hydroxyl groups is 10. The van der Waals surface area contributed by atoms with Gasteiger partial charge in [-0.25, -0.2) is 19.2 Å². The Kier molecular flexibility index (Phi) is 37.1. The molecular formula is C80H103N21O36SSe. The van der Waals surface area contributed by atoms with Crippen molar-refractivity contribution in [1.29, 1.82) is 0 Å². The molecule has 0 spiro atoms. The Labute approximate surface area is 801 Å². The van der Waals surface area contributed by atoms with Gasteiger partial charge in [0.05, 0.1) is 5.48 Å². The molecule has 32 N–H and O–H groups in total. The summed E-state index contributed by atoms with van der Waals surface area (Å²) in [5.74, 6) is -4.61. The molecular weight excluding hydrogens is 1940 g/mol. The van der Waals surface area contributed by atoms with Gasteiger partial charge in [-0.1, -0.05) is 60.7 Å². The molecule has 9 aromatic rings. The summed E-state index contributed by atoms with van der Waals surface area (Å²) in [5, 5.41) is 156. The van der Waals surface area contributed by atoms with Gasteiger partial charge in [0.2, 0.25) is 0 Å². The van der Waals surface area contributed by atoms with Gasteiger partial charge in [0, 0.05) is 54.1 Å². The van der Waals surface area contributed by atoms with E-state index in [1.54, 1.807) is 45.7 Å². The van der Waals surface area contributed by atoms with Crippen LogP contribution in [0.2, 0.25) is 5.32 Å². The molecule has 14 rings (SSSR count). The molecule has 5 fully saturated rings. The summed E-state index contributed by atoms with van der Waals surface area (Å²) in [6, 6.07) is 23.7. The molecule has 59 heteroatoms. The Morgan fingerprint density at radius 2 is 0.640 bits per heavy atom. The Morgan fingerprint density at radius 1 is 0.381 bits per heavy atom. The average Bonchev–Trinajstić information content (AvgIpc) is 1.63. The fourth-order valence-electron chi connectivity index (χ4n) is 13.1. The number of aromatic hydroxyl groups is 1. The van der Waals surface area contributed by atoms with Crippen molar-refractivity contribution in [1.82, 2.24) is 52.7 Å². The number of fused-ring (bicyclic) bond motifs is 1. The molecule has 0 radical (unpaired) electrons. The third-order valence-electron chi connectivity index (χ3n) is 20.6. The molecule has 57 nitrogen and oxygen atoms in total. The van der Waals surface area contributed by atoms with E-state index < -0.39 is 244 Å². The van der Waals surface area contributed by atoms with Gasteiger partial charge >= 0.3 is 181 Å². The van der Waals surface area contributed by atoms with E-state index in [4.69, 9.17) is 109 Å². The Bertz CT molecular complexity index is 6100. The van der Waals surface area contributed by atoms with E-state index in [-0.39, 0.29) is 65.2 Å². The number of aliphatic hydroxyl groups excluding tert-OH is 10. The minimum atomic E-state index is -2.44. The predicted octanol–water partition coefficient (Wildman–Crippen LogP) is -9.17. The topological polar surface area (TPSA) is 882 Å². The van der Waals surface area contributed by atoms with E-state index in [1.165, 1.54) is 12.1 Å². The molecule has 6 aromatic heterocycles. The number of aromatic nitrogens is 11. The summed E-state index contributed by atoms with van der Waals surface area (Å²) in [7, 11) is 0. The van der Waals surface area contributed by atoms with Crippen molar-refractivity contribution in [2.75, 3.05) is 66.2 Å². The van der Waals surface area contributed by atoms with Crippen molar-refractivity contribution in [2.45, 2.75) is 177 Å². The first-order valence-electron chi connectivity index (χ1n) is 43.6. The average molecular weight is 2050 g/mol. The van der Waals surface area contributed by atoms with Crippen LogP contribution in [-0.4, -0.2) is 341 Å². The van der Waals surface area contributed by atoms with Crippen molar-refractivity contribution in [3.63, 3.8) is 0 Å². The number of phenolic OH excluding ortho intramolecular Hbond substituents is 1. The van der Waals surface area contributed by atoms with Gasteiger partial charge in [-0.15, -0.1) is 0 Å². The second kappa shape index (κ2) is 51.0. The summed E-state index contributed by atoms with van der Waals surface area (Å²) >= 11 is 5.98. The zero-order chi connectivity index (χ0) is 106.